The summed E-state index contributed by atoms with van der Waals surface area (Å²) in [6, 6.07) is 5.73. The highest BCUT2D eigenvalue weighted by atomic mass is 35.5. The van der Waals surface area contributed by atoms with E-state index >= 15 is 0 Å². The Labute approximate surface area is 112 Å². The number of aliphatic hydroxyl groups excluding tert-OH is 2. The first kappa shape index (κ1) is 12.3. The molecule has 1 aliphatic carbocycles. The van der Waals surface area contributed by atoms with Crippen LogP contribution in [-0.2, 0) is 6.61 Å². The zero-order chi connectivity index (χ0) is 12.7. The highest BCUT2D eigenvalue weighted by Crippen LogP contribution is 2.41. The number of halogens is 1. The summed E-state index contributed by atoms with van der Waals surface area (Å²) in [6.45, 7) is 1.80. The van der Waals surface area contributed by atoms with Gasteiger partial charge in [0.15, 0.2) is 0 Å². The maximum Gasteiger partial charge on any atom is 0.0716 e. The van der Waals surface area contributed by atoms with Gasteiger partial charge in [0, 0.05) is 35.3 Å². The van der Waals surface area contributed by atoms with Gasteiger partial charge < -0.3 is 15.1 Å². The lowest BCUT2D eigenvalue weighted by Crippen LogP contribution is -2.25. The maximum absolute atomic E-state index is 9.94. The Morgan fingerprint density at radius 2 is 2.11 bits per heavy atom. The molecule has 2 aliphatic rings. The number of hydrogen-bond acceptors (Lipinski definition) is 3. The topological polar surface area (TPSA) is 43.7 Å². The van der Waals surface area contributed by atoms with Gasteiger partial charge in [0.05, 0.1) is 12.7 Å². The standard InChI is InChI=1S/C14H18ClNO2/c15-12-2-1-3-13(11(12)8-17)16-6-9-4-5-14(18)10(9)7-16/h1-3,9-10,14,17-18H,4-8H2. The van der Waals surface area contributed by atoms with Crippen molar-refractivity contribution < 1.29 is 10.2 Å². The Bertz CT molecular complexity index is 451. The number of aliphatic hydroxyl groups is 2. The predicted octanol–water partition coefficient (Wildman–Crippen LogP) is 2.04. The largest absolute Gasteiger partial charge is 0.393 e. The SMILES string of the molecule is OCc1c(Cl)cccc1N1CC2CCC(O)C2C1. The summed E-state index contributed by atoms with van der Waals surface area (Å²) in [5, 5.41) is 20.0. The second-order valence-corrected chi connectivity index (χ2v) is 5.78. The van der Waals surface area contributed by atoms with Gasteiger partial charge in [-0.1, -0.05) is 17.7 Å². The van der Waals surface area contributed by atoms with Crippen LogP contribution in [0, 0.1) is 11.8 Å². The molecule has 2 N–H and O–H groups in total. The van der Waals surface area contributed by atoms with Crippen LogP contribution in [0.3, 0.4) is 0 Å². The summed E-state index contributed by atoms with van der Waals surface area (Å²) in [6.07, 6.45) is 1.89. The highest BCUT2D eigenvalue weighted by molar-refractivity contribution is 6.31. The van der Waals surface area contributed by atoms with Crippen molar-refractivity contribution in [2.45, 2.75) is 25.6 Å². The minimum Gasteiger partial charge on any atom is -0.393 e. The highest BCUT2D eigenvalue weighted by Gasteiger charge is 2.42. The molecule has 1 aromatic carbocycles. The van der Waals surface area contributed by atoms with Crippen LogP contribution in [0.1, 0.15) is 18.4 Å². The van der Waals surface area contributed by atoms with E-state index in [-0.39, 0.29) is 12.7 Å². The number of rotatable bonds is 2. The first-order valence-electron chi connectivity index (χ1n) is 6.52. The summed E-state index contributed by atoms with van der Waals surface area (Å²) >= 11 is 6.12. The van der Waals surface area contributed by atoms with Crippen LogP contribution in [0.2, 0.25) is 5.02 Å². The van der Waals surface area contributed by atoms with Crippen molar-refractivity contribution in [3.8, 4) is 0 Å². The van der Waals surface area contributed by atoms with E-state index in [1.54, 1.807) is 0 Å². The summed E-state index contributed by atoms with van der Waals surface area (Å²) in [7, 11) is 0. The van der Waals surface area contributed by atoms with Gasteiger partial charge >= 0.3 is 0 Å². The Morgan fingerprint density at radius 3 is 2.83 bits per heavy atom. The number of benzene rings is 1. The average Bonchev–Trinajstić information content (AvgIpc) is 2.92. The maximum atomic E-state index is 9.94. The molecule has 2 fully saturated rings. The molecule has 0 radical (unpaired) electrons. The third-order valence-corrected chi connectivity index (χ3v) is 4.77. The van der Waals surface area contributed by atoms with Crippen molar-refractivity contribution in [2.24, 2.45) is 11.8 Å². The molecular formula is C14H18ClNO2. The van der Waals surface area contributed by atoms with E-state index in [9.17, 15) is 10.2 Å². The number of nitrogens with zero attached hydrogens (tertiary/aromatic N) is 1. The van der Waals surface area contributed by atoms with Gasteiger partial charge in [0.1, 0.15) is 0 Å². The molecule has 18 heavy (non-hydrogen) atoms. The van der Waals surface area contributed by atoms with Crippen molar-refractivity contribution in [3.05, 3.63) is 28.8 Å². The third kappa shape index (κ3) is 1.91. The van der Waals surface area contributed by atoms with E-state index in [0.717, 1.165) is 37.2 Å². The molecule has 3 rings (SSSR count). The predicted molar refractivity (Wildman–Crippen MR) is 71.8 cm³/mol. The quantitative estimate of drug-likeness (QED) is 0.862. The van der Waals surface area contributed by atoms with E-state index in [1.165, 1.54) is 0 Å². The Hall–Kier alpha value is -0.770. The van der Waals surface area contributed by atoms with Gasteiger partial charge in [0.25, 0.3) is 0 Å². The number of hydrogen-bond donors (Lipinski definition) is 2. The van der Waals surface area contributed by atoms with Gasteiger partial charge in [0.2, 0.25) is 0 Å². The molecule has 1 aliphatic heterocycles. The molecule has 4 heteroatoms. The van der Waals surface area contributed by atoms with E-state index < -0.39 is 0 Å². The minimum absolute atomic E-state index is 0.0383. The molecule has 98 valence electrons. The monoisotopic (exact) mass is 267 g/mol. The first-order chi connectivity index (χ1) is 8.70. The number of fused-ring (bicyclic) bond motifs is 1. The van der Waals surface area contributed by atoms with Gasteiger partial charge in [-0.2, -0.15) is 0 Å². The van der Waals surface area contributed by atoms with E-state index in [4.69, 9.17) is 11.6 Å². The second-order valence-electron chi connectivity index (χ2n) is 5.37. The van der Waals surface area contributed by atoms with Crippen LogP contribution in [0.5, 0.6) is 0 Å². The van der Waals surface area contributed by atoms with Crippen LogP contribution in [0.25, 0.3) is 0 Å². The average molecular weight is 268 g/mol. The summed E-state index contributed by atoms with van der Waals surface area (Å²) in [5.74, 6) is 0.973. The molecule has 0 spiro atoms. The third-order valence-electron chi connectivity index (χ3n) is 4.41. The molecule has 0 aromatic heterocycles. The Morgan fingerprint density at radius 1 is 1.28 bits per heavy atom. The number of anilines is 1. The Kier molecular flexibility index (Phi) is 3.22. The lowest BCUT2D eigenvalue weighted by Gasteiger charge is -2.23. The van der Waals surface area contributed by atoms with Gasteiger partial charge in [-0.3, -0.25) is 0 Å². The lowest BCUT2D eigenvalue weighted by molar-refractivity contribution is 0.133. The lowest BCUT2D eigenvalue weighted by atomic mass is 10.00. The molecule has 1 heterocycles. The van der Waals surface area contributed by atoms with Crippen LogP contribution < -0.4 is 4.90 Å². The van der Waals surface area contributed by atoms with Crippen molar-refractivity contribution in [2.75, 3.05) is 18.0 Å². The van der Waals surface area contributed by atoms with Gasteiger partial charge in [-0.05, 0) is 30.9 Å². The summed E-state index contributed by atoms with van der Waals surface area (Å²) < 4.78 is 0. The van der Waals surface area contributed by atoms with Crippen LogP contribution in [0.4, 0.5) is 5.69 Å². The van der Waals surface area contributed by atoms with Crippen LogP contribution >= 0.6 is 11.6 Å². The molecular weight excluding hydrogens is 250 g/mol. The second kappa shape index (κ2) is 4.72. The van der Waals surface area contributed by atoms with Crippen molar-refractivity contribution in [3.63, 3.8) is 0 Å². The minimum atomic E-state index is -0.156. The van der Waals surface area contributed by atoms with E-state index in [0.29, 0.717) is 16.9 Å². The molecule has 0 amide bonds. The fraction of sp³-hybridized carbons (Fsp3) is 0.571. The van der Waals surface area contributed by atoms with E-state index in [2.05, 4.69) is 4.90 Å². The van der Waals surface area contributed by atoms with Crippen LogP contribution in [0.15, 0.2) is 18.2 Å². The molecule has 1 aromatic rings. The van der Waals surface area contributed by atoms with Crippen molar-refractivity contribution >= 4 is 17.3 Å². The van der Waals surface area contributed by atoms with Gasteiger partial charge in [-0.25, -0.2) is 0 Å². The first-order valence-corrected chi connectivity index (χ1v) is 6.89. The Balaban J connectivity index is 1.87. The normalized spacial score (nSPS) is 30.8. The van der Waals surface area contributed by atoms with E-state index in [1.807, 2.05) is 18.2 Å². The fourth-order valence-corrected chi connectivity index (χ4v) is 3.66. The summed E-state index contributed by atoms with van der Waals surface area (Å²) in [5.41, 5.74) is 1.82. The smallest absolute Gasteiger partial charge is 0.0716 e. The molecule has 3 unspecified atom stereocenters. The van der Waals surface area contributed by atoms with Crippen molar-refractivity contribution in [1.29, 1.82) is 0 Å². The van der Waals surface area contributed by atoms with Gasteiger partial charge in [-0.15, -0.1) is 0 Å². The molecule has 3 atom stereocenters. The zero-order valence-electron chi connectivity index (χ0n) is 10.2. The van der Waals surface area contributed by atoms with Crippen molar-refractivity contribution in [1.82, 2.24) is 0 Å². The van der Waals surface area contributed by atoms with Crippen LogP contribution in [-0.4, -0.2) is 29.4 Å². The fourth-order valence-electron chi connectivity index (χ4n) is 3.43. The molecule has 0 bridgehead atoms. The zero-order valence-corrected chi connectivity index (χ0v) is 11.0. The molecule has 3 nitrogen and oxygen atoms in total. The molecule has 1 saturated heterocycles. The molecule has 1 saturated carbocycles. The summed E-state index contributed by atoms with van der Waals surface area (Å²) in [4.78, 5) is 2.26.